The number of anilines is 1. The molecule has 2 N–H and O–H groups in total. The highest BCUT2D eigenvalue weighted by Crippen LogP contribution is 2.26. The Labute approximate surface area is 125 Å². The predicted octanol–water partition coefficient (Wildman–Crippen LogP) is 3.23. The Kier molecular flexibility index (Phi) is 4.02. The number of benzene rings is 1. The fourth-order valence-electron chi connectivity index (χ4n) is 1.90. The molecule has 0 atom stereocenters. The highest BCUT2D eigenvalue weighted by molar-refractivity contribution is 5.88. The predicted molar refractivity (Wildman–Crippen MR) is 85.1 cm³/mol. The van der Waals surface area contributed by atoms with Gasteiger partial charge in [0.05, 0.1) is 11.4 Å². The van der Waals surface area contributed by atoms with E-state index >= 15 is 0 Å². The smallest absolute Gasteiger partial charge is 0.320 e. The number of nitrogens with one attached hydrogen (secondary N) is 2. The van der Waals surface area contributed by atoms with Crippen molar-refractivity contribution in [1.82, 2.24) is 15.1 Å². The van der Waals surface area contributed by atoms with Crippen molar-refractivity contribution in [2.75, 3.05) is 12.4 Å². The summed E-state index contributed by atoms with van der Waals surface area (Å²) in [6.07, 6.45) is 0. The lowest BCUT2D eigenvalue weighted by Crippen LogP contribution is -2.25. The number of aryl methyl sites for hydroxylation is 1. The van der Waals surface area contributed by atoms with Gasteiger partial charge in [0.2, 0.25) is 0 Å². The molecule has 0 saturated heterocycles. The van der Waals surface area contributed by atoms with Gasteiger partial charge in [-0.25, -0.2) is 9.48 Å². The molecule has 2 aromatic rings. The van der Waals surface area contributed by atoms with Gasteiger partial charge in [0.15, 0.2) is 0 Å². The van der Waals surface area contributed by atoms with Crippen LogP contribution in [0.25, 0.3) is 5.69 Å². The normalized spacial score (nSPS) is 11.3. The van der Waals surface area contributed by atoms with Crippen molar-refractivity contribution < 1.29 is 4.79 Å². The molecule has 0 spiro atoms. The molecule has 1 aromatic carbocycles. The van der Waals surface area contributed by atoms with E-state index in [0.717, 1.165) is 11.4 Å². The minimum Gasteiger partial charge on any atom is -0.341 e. The molecule has 1 aromatic heterocycles. The molecule has 2 amide bonds. The number of hydrogen-bond acceptors (Lipinski definition) is 2. The Bertz CT molecular complexity index is 635. The molecule has 0 unspecified atom stereocenters. The Balaban J connectivity index is 2.49. The van der Waals surface area contributed by atoms with Crippen LogP contribution < -0.4 is 10.6 Å². The van der Waals surface area contributed by atoms with Crippen molar-refractivity contribution >= 4 is 11.8 Å². The highest BCUT2D eigenvalue weighted by Gasteiger charge is 2.21. The molecule has 0 aliphatic rings. The van der Waals surface area contributed by atoms with E-state index in [1.54, 1.807) is 11.7 Å². The van der Waals surface area contributed by atoms with Crippen molar-refractivity contribution in [1.29, 1.82) is 0 Å². The molecule has 21 heavy (non-hydrogen) atoms. The molecule has 0 bridgehead atoms. The van der Waals surface area contributed by atoms with Crippen LogP contribution in [0.2, 0.25) is 0 Å². The molecule has 0 aliphatic carbocycles. The topological polar surface area (TPSA) is 59.0 Å². The summed E-state index contributed by atoms with van der Waals surface area (Å²) in [7, 11) is 1.59. The second kappa shape index (κ2) is 5.60. The molecular formula is C16H22N4O. The number of carbonyl (C=O) groups is 1. The van der Waals surface area contributed by atoms with Crippen LogP contribution in [0.1, 0.15) is 32.0 Å². The molecule has 0 aliphatic heterocycles. The summed E-state index contributed by atoms with van der Waals surface area (Å²) in [6, 6.07) is 9.68. The van der Waals surface area contributed by atoms with E-state index in [1.165, 1.54) is 5.56 Å². The Morgan fingerprint density at radius 3 is 2.33 bits per heavy atom. The van der Waals surface area contributed by atoms with E-state index < -0.39 is 0 Å². The van der Waals surface area contributed by atoms with Crippen LogP contribution >= 0.6 is 0 Å². The third kappa shape index (κ3) is 3.42. The molecule has 0 fully saturated rings. The largest absolute Gasteiger partial charge is 0.341 e. The van der Waals surface area contributed by atoms with Crippen LogP contribution in [-0.4, -0.2) is 22.9 Å². The van der Waals surface area contributed by atoms with Crippen molar-refractivity contribution in [2.24, 2.45) is 0 Å². The maximum atomic E-state index is 11.6. The van der Waals surface area contributed by atoms with Crippen LogP contribution in [0.4, 0.5) is 10.6 Å². The summed E-state index contributed by atoms with van der Waals surface area (Å²) in [6.45, 7) is 8.33. The number of amides is 2. The van der Waals surface area contributed by atoms with Crippen LogP contribution in [0.15, 0.2) is 30.3 Å². The Morgan fingerprint density at radius 2 is 1.81 bits per heavy atom. The van der Waals surface area contributed by atoms with Crippen LogP contribution in [0.5, 0.6) is 0 Å². The van der Waals surface area contributed by atoms with Gasteiger partial charge in [-0.1, -0.05) is 38.5 Å². The molecule has 5 heteroatoms. The van der Waals surface area contributed by atoms with E-state index in [-0.39, 0.29) is 11.4 Å². The molecular weight excluding hydrogens is 264 g/mol. The highest BCUT2D eigenvalue weighted by atomic mass is 16.2. The van der Waals surface area contributed by atoms with E-state index in [0.29, 0.717) is 5.82 Å². The minimum atomic E-state index is -0.260. The van der Waals surface area contributed by atoms with Crippen molar-refractivity contribution in [2.45, 2.75) is 33.1 Å². The van der Waals surface area contributed by atoms with E-state index in [4.69, 9.17) is 0 Å². The second-order valence-corrected chi connectivity index (χ2v) is 6.12. The zero-order chi connectivity index (χ0) is 15.6. The first-order valence-electron chi connectivity index (χ1n) is 6.97. The summed E-state index contributed by atoms with van der Waals surface area (Å²) in [5, 5.41) is 10.0. The lowest BCUT2D eigenvalue weighted by atomic mass is 9.92. The molecule has 0 saturated carbocycles. The van der Waals surface area contributed by atoms with Gasteiger partial charge in [-0.05, 0) is 19.1 Å². The summed E-state index contributed by atoms with van der Waals surface area (Å²) in [5.74, 6) is 0.656. The summed E-state index contributed by atoms with van der Waals surface area (Å²) < 4.78 is 1.76. The minimum absolute atomic E-state index is 0.0882. The van der Waals surface area contributed by atoms with Gasteiger partial charge < -0.3 is 5.32 Å². The Morgan fingerprint density at radius 1 is 1.19 bits per heavy atom. The lowest BCUT2D eigenvalue weighted by Gasteiger charge is -2.14. The molecule has 2 rings (SSSR count). The standard InChI is InChI=1S/C16H22N4O/c1-11-6-8-12(9-7-11)20-14(18-15(21)17-5)10-13(19-20)16(2,3)4/h6-10H,1-5H3,(H2,17,18,21). The molecule has 112 valence electrons. The van der Waals surface area contributed by atoms with Gasteiger partial charge in [0, 0.05) is 18.5 Å². The Hall–Kier alpha value is -2.30. The van der Waals surface area contributed by atoms with Gasteiger partial charge in [-0.2, -0.15) is 5.10 Å². The number of carbonyl (C=O) groups excluding carboxylic acids is 1. The third-order valence-corrected chi connectivity index (χ3v) is 3.22. The summed E-state index contributed by atoms with van der Waals surface area (Å²) in [5.41, 5.74) is 2.94. The van der Waals surface area contributed by atoms with Crippen LogP contribution in [0, 0.1) is 6.92 Å². The van der Waals surface area contributed by atoms with Crippen molar-refractivity contribution in [3.8, 4) is 5.69 Å². The maximum Gasteiger partial charge on any atom is 0.320 e. The summed E-state index contributed by atoms with van der Waals surface area (Å²) in [4.78, 5) is 11.6. The SMILES string of the molecule is CNC(=O)Nc1cc(C(C)(C)C)nn1-c1ccc(C)cc1. The molecule has 0 radical (unpaired) electrons. The first kappa shape index (κ1) is 15.1. The fraction of sp³-hybridized carbons (Fsp3) is 0.375. The maximum absolute atomic E-state index is 11.6. The van der Waals surface area contributed by atoms with Gasteiger partial charge in [0.1, 0.15) is 5.82 Å². The quantitative estimate of drug-likeness (QED) is 0.890. The molecule has 1 heterocycles. The zero-order valence-electron chi connectivity index (χ0n) is 13.2. The monoisotopic (exact) mass is 286 g/mol. The lowest BCUT2D eigenvalue weighted by molar-refractivity contribution is 0.254. The number of aromatic nitrogens is 2. The van der Waals surface area contributed by atoms with Crippen LogP contribution in [0.3, 0.4) is 0 Å². The molecule has 5 nitrogen and oxygen atoms in total. The van der Waals surface area contributed by atoms with Crippen molar-refractivity contribution in [3.63, 3.8) is 0 Å². The third-order valence-electron chi connectivity index (χ3n) is 3.22. The average Bonchev–Trinajstić information content (AvgIpc) is 2.83. The van der Waals surface area contributed by atoms with Gasteiger partial charge in [-0.15, -0.1) is 0 Å². The van der Waals surface area contributed by atoms with Gasteiger partial charge >= 0.3 is 6.03 Å². The first-order valence-corrected chi connectivity index (χ1v) is 6.97. The number of hydrogen-bond donors (Lipinski definition) is 2. The van der Waals surface area contributed by atoms with Crippen LogP contribution in [-0.2, 0) is 5.41 Å². The van der Waals surface area contributed by atoms with Gasteiger partial charge in [0.25, 0.3) is 0 Å². The van der Waals surface area contributed by atoms with E-state index in [9.17, 15) is 4.79 Å². The average molecular weight is 286 g/mol. The van der Waals surface area contributed by atoms with E-state index in [1.807, 2.05) is 37.3 Å². The summed E-state index contributed by atoms with van der Waals surface area (Å²) >= 11 is 0. The first-order chi connectivity index (χ1) is 9.81. The van der Waals surface area contributed by atoms with E-state index in [2.05, 4.69) is 36.5 Å². The number of nitrogens with zero attached hydrogens (tertiary/aromatic N) is 2. The number of rotatable bonds is 2. The fourth-order valence-corrected chi connectivity index (χ4v) is 1.90. The zero-order valence-corrected chi connectivity index (χ0v) is 13.2. The van der Waals surface area contributed by atoms with Crippen molar-refractivity contribution in [3.05, 3.63) is 41.6 Å². The second-order valence-electron chi connectivity index (χ2n) is 6.12. The number of urea groups is 1. The van der Waals surface area contributed by atoms with Gasteiger partial charge in [-0.3, -0.25) is 5.32 Å².